The van der Waals surface area contributed by atoms with Crippen molar-refractivity contribution in [3.8, 4) is 0 Å². The van der Waals surface area contributed by atoms with Crippen LogP contribution in [0.1, 0.15) is 42.9 Å². The molecule has 17 heavy (non-hydrogen) atoms. The number of benzene rings is 1. The molecule has 2 nitrogen and oxygen atoms in total. The summed E-state index contributed by atoms with van der Waals surface area (Å²) >= 11 is 0. The topological polar surface area (TPSA) is 21.3 Å². The van der Waals surface area contributed by atoms with Crippen molar-refractivity contribution >= 4 is 0 Å². The van der Waals surface area contributed by atoms with Gasteiger partial charge in [0.15, 0.2) is 0 Å². The van der Waals surface area contributed by atoms with Crippen LogP contribution in [0.4, 0.5) is 0 Å². The molecule has 0 aliphatic carbocycles. The molecule has 2 fully saturated rings. The van der Waals surface area contributed by atoms with Gasteiger partial charge in [-0.05, 0) is 49.8 Å². The predicted octanol–water partition coefficient (Wildman–Crippen LogP) is 2.83. The van der Waals surface area contributed by atoms with E-state index in [4.69, 9.17) is 4.74 Å². The van der Waals surface area contributed by atoms with Gasteiger partial charge in [0, 0.05) is 12.6 Å². The molecule has 2 aliphatic heterocycles. The van der Waals surface area contributed by atoms with Gasteiger partial charge in [0.1, 0.15) is 0 Å². The molecule has 92 valence electrons. The molecule has 2 aliphatic rings. The molecule has 1 aromatic rings. The minimum atomic E-state index is 0.355. The van der Waals surface area contributed by atoms with Crippen LogP contribution in [0, 0.1) is 0 Å². The average Bonchev–Trinajstić information content (AvgIpc) is 3.01. The van der Waals surface area contributed by atoms with E-state index in [9.17, 15) is 0 Å². The van der Waals surface area contributed by atoms with E-state index in [-0.39, 0.29) is 0 Å². The van der Waals surface area contributed by atoms with Crippen LogP contribution in [-0.4, -0.2) is 19.2 Å². The second kappa shape index (κ2) is 5.19. The van der Waals surface area contributed by atoms with E-state index in [1.807, 2.05) is 0 Å². The Bertz CT molecular complexity index is 348. The summed E-state index contributed by atoms with van der Waals surface area (Å²) in [7, 11) is 0. The first-order valence-corrected chi connectivity index (χ1v) is 6.85. The fourth-order valence-electron chi connectivity index (χ4n) is 2.92. The summed E-state index contributed by atoms with van der Waals surface area (Å²) in [6.07, 6.45) is 6.58. The maximum atomic E-state index is 5.70. The molecule has 2 saturated heterocycles. The van der Waals surface area contributed by atoms with Gasteiger partial charge < -0.3 is 10.1 Å². The van der Waals surface area contributed by atoms with E-state index in [0.717, 1.165) is 6.61 Å². The fourth-order valence-corrected chi connectivity index (χ4v) is 2.92. The molecule has 0 amide bonds. The van der Waals surface area contributed by atoms with Crippen LogP contribution < -0.4 is 5.32 Å². The zero-order valence-corrected chi connectivity index (χ0v) is 10.3. The normalized spacial score (nSPS) is 28.7. The number of nitrogens with one attached hydrogen (secondary N) is 1. The Hall–Kier alpha value is -0.860. The standard InChI is InChI=1S/C15H21NO/c1-3-14(16-9-1)11-12-5-7-13(8-6-12)15-4-2-10-17-15/h5-8,14-16H,1-4,9-11H2. The predicted molar refractivity (Wildman–Crippen MR) is 69.1 cm³/mol. The number of ether oxygens (including phenoxy) is 1. The van der Waals surface area contributed by atoms with Crippen LogP contribution in [0.15, 0.2) is 24.3 Å². The van der Waals surface area contributed by atoms with Gasteiger partial charge in [-0.2, -0.15) is 0 Å². The zero-order chi connectivity index (χ0) is 11.5. The lowest BCUT2D eigenvalue weighted by atomic mass is 10.0. The highest BCUT2D eigenvalue weighted by Gasteiger charge is 2.18. The zero-order valence-electron chi connectivity index (χ0n) is 10.3. The molecule has 2 atom stereocenters. The van der Waals surface area contributed by atoms with Crippen LogP contribution in [-0.2, 0) is 11.2 Å². The van der Waals surface area contributed by atoms with E-state index in [2.05, 4.69) is 29.6 Å². The summed E-state index contributed by atoms with van der Waals surface area (Å²) in [6, 6.07) is 9.75. The van der Waals surface area contributed by atoms with Gasteiger partial charge >= 0.3 is 0 Å². The first-order chi connectivity index (χ1) is 8.42. The number of hydrogen-bond acceptors (Lipinski definition) is 2. The molecule has 3 rings (SSSR count). The van der Waals surface area contributed by atoms with Crippen molar-refractivity contribution in [2.45, 2.75) is 44.2 Å². The maximum absolute atomic E-state index is 5.70. The highest BCUT2D eigenvalue weighted by Crippen LogP contribution is 2.28. The van der Waals surface area contributed by atoms with Gasteiger partial charge in [0.2, 0.25) is 0 Å². The van der Waals surface area contributed by atoms with Crippen LogP contribution >= 0.6 is 0 Å². The van der Waals surface area contributed by atoms with Gasteiger partial charge in [-0.15, -0.1) is 0 Å². The van der Waals surface area contributed by atoms with E-state index in [0.29, 0.717) is 12.1 Å². The average molecular weight is 231 g/mol. The summed E-state index contributed by atoms with van der Waals surface area (Å²) in [6.45, 7) is 2.12. The van der Waals surface area contributed by atoms with Gasteiger partial charge in [0.25, 0.3) is 0 Å². The maximum Gasteiger partial charge on any atom is 0.0825 e. The molecule has 2 unspecified atom stereocenters. The fraction of sp³-hybridized carbons (Fsp3) is 0.600. The van der Waals surface area contributed by atoms with E-state index in [1.54, 1.807) is 0 Å². The summed E-state index contributed by atoms with van der Waals surface area (Å²) in [5.74, 6) is 0. The van der Waals surface area contributed by atoms with E-state index < -0.39 is 0 Å². The van der Waals surface area contributed by atoms with Crippen molar-refractivity contribution in [1.29, 1.82) is 0 Å². The minimum absolute atomic E-state index is 0.355. The Morgan fingerprint density at radius 3 is 2.65 bits per heavy atom. The van der Waals surface area contributed by atoms with Crippen LogP contribution in [0.2, 0.25) is 0 Å². The SMILES string of the molecule is c1cc(C2CCCO2)ccc1CC1CCCN1. The third-order valence-electron chi connectivity index (χ3n) is 3.93. The molecular weight excluding hydrogens is 210 g/mol. The van der Waals surface area contributed by atoms with Gasteiger partial charge in [0.05, 0.1) is 6.10 Å². The van der Waals surface area contributed by atoms with Crippen LogP contribution in [0.25, 0.3) is 0 Å². The summed E-state index contributed by atoms with van der Waals surface area (Å²) in [5.41, 5.74) is 2.80. The van der Waals surface area contributed by atoms with Crippen molar-refractivity contribution in [3.63, 3.8) is 0 Å². The monoisotopic (exact) mass is 231 g/mol. The van der Waals surface area contributed by atoms with Crippen molar-refractivity contribution in [3.05, 3.63) is 35.4 Å². The molecule has 2 heteroatoms. The van der Waals surface area contributed by atoms with Crippen molar-refractivity contribution < 1.29 is 4.74 Å². The summed E-state index contributed by atoms with van der Waals surface area (Å²) in [5, 5.41) is 3.55. The highest BCUT2D eigenvalue weighted by atomic mass is 16.5. The Morgan fingerprint density at radius 1 is 1.12 bits per heavy atom. The lowest BCUT2D eigenvalue weighted by molar-refractivity contribution is 0.112. The molecule has 1 N–H and O–H groups in total. The van der Waals surface area contributed by atoms with Gasteiger partial charge in [-0.3, -0.25) is 0 Å². The summed E-state index contributed by atoms with van der Waals surface area (Å²) < 4.78 is 5.70. The highest BCUT2D eigenvalue weighted by molar-refractivity contribution is 5.25. The Morgan fingerprint density at radius 2 is 2.00 bits per heavy atom. The molecule has 0 bridgehead atoms. The Labute approximate surface area is 103 Å². The molecule has 1 aromatic carbocycles. The molecular formula is C15H21NO. The lowest BCUT2D eigenvalue weighted by Gasteiger charge is -2.13. The molecule has 0 saturated carbocycles. The lowest BCUT2D eigenvalue weighted by Crippen LogP contribution is -2.23. The van der Waals surface area contributed by atoms with E-state index >= 15 is 0 Å². The van der Waals surface area contributed by atoms with E-state index in [1.165, 1.54) is 49.8 Å². The second-order valence-corrected chi connectivity index (χ2v) is 5.24. The third-order valence-corrected chi connectivity index (χ3v) is 3.93. The molecule has 0 aromatic heterocycles. The number of hydrogen-bond donors (Lipinski definition) is 1. The summed E-state index contributed by atoms with van der Waals surface area (Å²) in [4.78, 5) is 0. The Kier molecular flexibility index (Phi) is 3.44. The molecule has 0 radical (unpaired) electrons. The molecule has 0 spiro atoms. The smallest absolute Gasteiger partial charge is 0.0825 e. The quantitative estimate of drug-likeness (QED) is 0.863. The minimum Gasteiger partial charge on any atom is -0.374 e. The van der Waals surface area contributed by atoms with Crippen molar-refractivity contribution in [1.82, 2.24) is 5.32 Å². The van der Waals surface area contributed by atoms with Gasteiger partial charge in [-0.1, -0.05) is 24.3 Å². The first-order valence-electron chi connectivity index (χ1n) is 6.85. The number of rotatable bonds is 3. The van der Waals surface area contributed by atoms with Crippen LogP contribution in [0.3, 0.4) is 0 Å². The largest absolute Gasteiger partial charge is 0.374 e. The second-order valence-electron chi connectivity index (χ2n) is 5.24. The van der Waals surface area contributed by atoms with Crippen molar-refractivity contribution in [2.24, 2.45) is 0 Å². The Balaban J connectivity index is 1.62. The first kappa shape index (κ1) is 11.2. The third kappa shape index (κ3) is 2.70. The van der Waals surface area contributed by atoms with Gasteiger partial charge in [-0.25, -0.2) is 0 Å². The van der Waals surface area contributed by atoms with Crippen LogP contribution in [0.5, 0.6) is 0 Å². The van der Waals surface area contributed by atoms with Crippen molar-refractivity contribution in [2.75, 3.05) is 13.2 Å². The molecule has 2 heterocycles.